The second-order valence-electron chi connectivity index (χ2n) is 3.21. The number of halogens is 2. The van der Waals surface area contributed by atoms with Gasteiger partial charge in [-0.05, 0) is 6.07 Å². The number of anilines is 2. The van der Waals surface area contributed by atoms with Gasteiger partial charge in [0.05, 0.1) is 11.2 Å². The molecule has 2 rings (SSSR count). The topological polar surface area (TPSA) is 76.7 Å². The number of nitrogen functional groups attached to an aromatic ring is 1. The molecule has 0 aliphatic carbocycles. The fourth-order valence-electron chi connectivity index (χ4n) is 1.23. The number of hydrogen-bond donors (Lipinski definition) is 2. The molecule has 0 bridgehead atoms. The van der Waals surface area contributed by atoms with Gasteiger partial charge in [-0.2, -0.15) is 0 Å². The highest BCUT2D eigenvalue weighted by atomic mass is 35.5. The maximum atomic E-state index is 6.18. The molecule has 0 atom stereocenters. The van der Waals surface area contributed by atoms with Gasteiger partial charge >= 0.3 is 0 Å². The van der Waals surface area contributed by atoms with Crippen LogP contribution in [-0.2, 0) is 0 Å². The maximum Gasteiger partial charge on any atom is 0.158 e. The Labute approximate surface area is 118 Å². The monoisotopic (exact) mass is 301 g/mol. The van der Waals surface area contributed by atoms with Gasteiger partial charge in [0.2, 0.25) is 0 Å². The zero-order valence-corrected chi connectivity index (χ0v) is 11.6. The largest absolute Gasteiger partial charge is 0.381 e. The lowest BCUT2D eigenvalue weighted by Gasteiger charge is -2.08. The second kappa shape index (κ2) is 5.60. The average Bonchev–Trinajstić information content (AvgIpc) is 2.35. The molecule has 2 aromatic heterocycles. The molecule has 94 valence electrons. The van der Waals surface area contributed by atoms with Crippen molar-refractivity contribution in [2.75, 3.05) is 18.1 Å². The highest BCUT2D eigenvalue weighted by molar-refractivity contribution is 7.99. The number of nitrogens with two attached hydrogens (primary N) is 1. The van der Waals surface area contributed by atoms with E-state index in [9.17, 15) is 0 Å². The van der Waals surface area contributed by atoms with Crippen LogP contribution in [0.3, 0.4) is 0 Å². The third-order valence-electron chi connectivity index (χ3n) is 2.03. The number of nitrogens with one attached hydrogen (secondary N) is 1. The minimum atomic E-state index is 0.258. The van der Waals surface area contributed by atoms with Gasteiger partial charge in [-0.15, -0.1) is 0 Å². The molecule has 0 aliphatic heterocycles. The maximum absolute atomic E-state index is 6.18. The lowest BCUT2D eigenvalue weighted by molar-refractivity contribution is 1.07. The van der Waals surface area contributed by atoms with E-state index in [1.54, 1.807) is 19.3 Å². The van der Waals surface area contributed by atoms with Crippen LogP contribution in [0.2, 0.25) is 10.2 Å². The molecule has 0 saturated heterocycles. The van der Waals surface area contributed by atoms with E-state index in [2.05, 4.69) is 20.3 Å². The van der Waals surface area contributed by atoms with Crippen molar-refractivity contribution in [3.63, 3.8) is 0 Å². The summed E-state index contributed by atoms with van der Waals surface area (Å²) in [6.45, 7) is 0. The molecular weight excluding hydrogens is 293 g/mol. The van der Waals surface area contributed by atoms with Gasteiger partial charge in [0, 0.05) is 18.1 Å². The van der Waals surface area contributed by atoms with Crippen molar-refractivity contribution in [3.05, 3.63) is 28.6 Å². The summed E-state index contributed by atoms with van der Waals surface area (Å²) in [4.78, 5) is 12.9. The van der Waals surface area contributed by atoms with Crippen LogP contribution in [0, 0.1) is 0 Å². The third-order valence-corrected chi connectivity index (χ3v) is 3.78. The first kappa shape index (κ1) is 13.2. The zero-order valence-electron chi connectivity index (χ0n) is 9.32. The van der Waals surface area contributed by atoms with Crippen LogP contribution in [0.5, 0.6) is 0 Å². The lowest BCUT2D eigenvalue weighted by Crippen LogP contribution is -1.97. The van der Waals surface area contributed by atoms with E-state index in [1.807, 2.05) is 0 Å². The van der Waals surface area contributed by atoms with E-state index < -0.39 is 0 Å². The normalized spacial score (nSPS) is 10.4. The summed E-state index contributed by atoms with van der Waals surface area (Å²) in [5.41, 5.74) is 5.74. The Kier molecular flexibility index (Phi) is 4.11. The van der Waals surface area contributed by atoms with Crippen molar-refractivity contribution in [1.29, 1.82) is 0 Å². The zero-order chi connectivity index (χ0) is 13.1. The fraction of sp³-hybridized carbons (Fsp3) is 0.100. The van der Waals surface area contributed by atoms with Crippen molar-refractivity contribution in [2.24, 2.45) is 0 Å². The van der Waals surface area contributed by atoms with Crippen LogP contribution in [-0.4, -0.2) is 22.0 Å². The van der Waals surface area contributed by atoms with Crippen LogP contribution in [0.15, 0.2) is 28.4 Å². The Balaban J connectivity index is 2.34. The summed E-state index contributed by atoms with van der Waals surface area (Å²) in [6, 6.07) is 1.78. The molecule has 8 heteroatoms. The van der Waals surface area contributed by atoms with Crippen molar-refractivity contribution in [1.82, 2.24) is 15.0 Å². The molecule has 0 unspecified atom stereocenters. The molecule has 18 heavy (non-hydrogen) atoms. The highest BCUT2D eigenvalue weighted by Crippen LogP contribution is 2.36. The Morgan fingerprint density at radius 1 is 1.33 bits per heavy atom. The number of aromatic nitrogens is 3. The Bertz CT molecular complexity index is 578. The molecule has 2 aromatic rings. The number of nitrogens with zero attached hydrogens (tertiary/aromatic N) is 3. The van der Waals surface area contributed by atoms with Gasteiger partial charge in [-0.1, -0.05) is 35.0 Å². The van der Waals surface area contributed by atoms with Crippen molar-refractivity contribution >= 4 is 46.6 Å². The van der Waals surface area contributed by atoms with E-state index in [0.717, 1.165) is 4.90 Å². The predicted octanol–water partition coefficient (Wildman–Crippen LogP) is 2.95. The molecular formula is C10H9Cl2N5S. The highest BCUT2D eigenvalue weighted by Gasteiger charge is 2.11. The standard InChI is InChI=1S/C10H9Cl2N5S/c1-14-9-7(12)5(2-3-15-9)18-10-8(13)17-6(11)4-16-10/h2-4H,1H3,(H2,13,17)(H,14,15). The molecule has 2 heterocycles. The summed E-state index contributed by atoms with van der Waals surface area (Å²) in [6.07, 6.45) is 3.09. The summed E-state index contributed by atoms with van der Waals surface area (Å²) in [5, 5.41) is 4.22. The molecule has 0 aliphatic rings. The quantitative estimate of drug-likeness (QED) is 0.907. The Morgan fingerprint density at radius 3 is 2.78 bits per heavy atom. The van der Waals surface area contributed by atoms with Gasteiger partial charge in [0.15, 0.2) is 5.82 Å². The first-order valence-electron chi connectivity index (χ1n) is 4.90. The summed E-state index contributed by atoms with van der Waals surface area (Å²) < 4.78 is 0. The predicted molar refractivity (Wildman–Crippen MR) is 74.4 cm³/mol. The smallest absolute Gasteiger partial charge is 0.158 e. The van der Waals surface area contributed by atoms with Crippen LogP contribution in [0.25, 0.3) is 0 Å². The van der Waals surface area contributed by atoms with Crippen LogP contribution < -0.4 is 11.1 Å². The van der Waals surface area contributed by atoms with Gasteiger partial charge in [0.1, 0.15) is 16.0 Å². The minimum absolute atomic E-state index is 0.258. The molecule has 0 fully saturated rings. The van der Waals surface area contributed by atoms with Gasteiger partial charge in [-0.25, -0.2) is 15.0 Å². The van der Waals surface area contributed by atoms with Crippen LogP contribution in [0.1, 0.15) is 0 Å². The summed E-state index contributed by atoms with van der Waals surface area (Å²) in [7, 11) is 1.75. The van der Waals surface area contributed by atoms with E-state index >= 15 is 0 Å². The Morgan fingerprint density at radius 2 is 2.11 bits per heavy atom. The van der Waals surface area contributed by atoms with E-state index in [0.29, 0.717) is 15.9 Å². The van der Waals surface area contributed by atoms with Gasteiger partial charge in [0.25, 0.3) is 0 Å². The van der Waals surface area contributed by atoms with Gasteiger partial charge in [-0.3, -0.25) is 0 Å². The minimum Gasteiger partial charge on any atom is -0.381 e. The second-order valence-corrected chi connectivity index (χ2v) is 5.00. The fourth-order valence-corrected chi connectivity index (χ4v) is 2.47. The average molecular weight is 302 g/mol. The van der Waals surface area contributed by atoms with E-state index in [1.165, 1.54) is 18.0 Å². The number of pyridine rings is 1. The molecule has 0 amide bonds. The first-order chi connectivity index (χ1) is 8.61. The molecule has 5 nitrogen and oxygen atoms in total. The van der Waals surface area contributed by atoms with E-state index in [4.69, 9.17) is 28.9 Å². The van der Waals surface area contributed by atoms with Crippen LogP contribution in [0.4, 0.5) is 11.6 Å². The van der Waals surface area contributed by atoms with Gasteiger partial charge < -0.3 is 11.1 Å². The van der Waals surface area contributed by atoms with Crippen molar-refractivity contribution < 1.29 is 0 Å². The molecule has 0 spiro atoms. The summed E-state index contributed by atoms with van der Waals surface area (Å²) >= 11 is 13.2. The molecule has 0 radical (unpaired) electrons. The number of hydrogen-bond acceptors (Lipinski definition) is 6. The van der Waals surface area contributed by atoms with Crippen molar-refractivity contribution in [3.8, 4) is 0 Å². The molecule has 3 N–H and O–H groups in total. The molecule has 0 saturated carbocycles. The van der Waals surface area contributed by atoms with Crippen molar-refractivity contribution in [2.45, 2.75) is 9.92 Å². The lowest BCUT2D eigenvalue weighted by atomic mass is 10.4. The van der Waals surface area contributed by atoms with E-state index in [-0.39, 0.29) is 11.0 Å². The SMILES string of the molecule is CNc1nccc(Sc2ncc(Cl)nc2N)c1Cl. The first-order valence-corrected chi connectivity index (χ1v) is 6.47. The third kappa shape index (κ3) is 2.77. The Hall–Kier alpha value is -1.24. The summed E-state index contributed by atoms with van der Waals surface area (Å²) in [5.74, 6) is 0.869. The molecule has 0 aromatic carbocycles. The number of rotatable bonds is 3. The van der Waals surface area contributed by atoms with Crippen LogP contribution >= 0.6 is 35.0 Å².